The zero-order valence-corrected chi connectivity index (χ0v) is 25.8. The van der Waals surface area contributed by atoms with Crippen molar-refractivity contribution in [3.8, 4) is 28.4 Å². The Labute approximate surface area is 238 Å². The zero-order valence-electron chi connectivity index (χ0n) is 22.5. The first-order valence-electron chi connectivity index (χ1n) is 12.7. The van der Waals surface area contributed by atoms with E-state index in [1.54, 1.807) is 38.9 Å². The highest BCUT2D eigenvalue weighted by molar-refractivity contribution is 7.79. The average molecular weight is 585 g/mol. The standard InChI is InChI=1S/C30H33O4PS3/c1-19(2)23-13-16-29(26(17-23)21(5)6)34-35(31,33-28-10-8-7-9-25(28)20(3)4)32-24-14-11-22(12-15-24)27-18-37-38-30(27)36/h7-21H,1-6H3. The fourth-order valence-electron chi connectivity index (χ4n) is 4.02. The van der Waals surface area contributed by atoms with E-state index in [1.807, 2.05) is 47.8 Å². The third kappa shape index (κ3) is 6.76. The minimum Gasteiger partial charge on any atom is -0.386 e. The van der Waals surface area contributed by atoms with Crippen LogP contribution in [0.4, 0.5) is 0 Å². The fourth-order valence-corrected chi connectivity index (χ4v) is 7.72. The van der Waals surface area contributed by atoms with E-state index in [2.05, 4.69) is 47.6 Å². The van der Waals surface area contributed by atoms with E-state index in [9.17, 15) is 4.57 Å². The summed E-state index contributed by atoms with van der Waals surface area (Å²) in [6, 6.07) is 20.9. The van der Waals surface area contributed by atoms with Crippen LogP contribution in [0.15, 0.2) is 72.1 Å². The average Bonchev–Trinajstić information content (AvgIpc) is 3.30. The number of phosphoric ester groups is 1. The van der Waals surface area contributed by atoms with E-state index in [-0.39, 0.29) is 11.8 Å². The monoisotopic (exact) mass is 584 g/mol. The summed E-state index contributed by atoms with van der Waals surface area (Å²) in [6.45, 7) is 12.6. The Bertz CT molecular complexity index is 1490. The summed E-state index contributed by atoms with van der Waals surface area (Å²) in [7, 11) is -0.983. The van der Waals surface area contributed by atoms with Gasteiger partial charge in [-0.3, -0.25) is 0 Å². The molecular weight excluding hydrogens is 552 g/mol. The summed E-state index contributed by atoms with van der Waals surface area (Å²) in [5.41, 5.74) is 5.05. The molecule has 0 saturated heterocycles. The molecule has 200 valence electrons. The summed E-state index contributed by atoms with van der Waals surface area (Å²) in [5, 5.41) is 2.04. The lowest BCUT2D eigenvalue weighted by Gasteiger charge is -2.24. The van der Waals surface area contributed by atoms with Crippen LogP contribution < -0.4 is 13.6 Å². The third-order valence-corrected chi connectivity index (χ3v) is 10.1. The molecule has 1 aromatic heterocycles. The van der Waals surface area contributed by atoms with E-state index in [0.29, 0.717) is 23.2 Å². The van der Waals surface area contributed by atoms with Gasteiger partial charge in [-0.2, -0.15) is 4.57 Å². The minimum absolute atomic E-state index is 0.152. The summed E-state index contributed by atoms with van der Waals surface area (Å²) >= 11 is 5.44. The predicted molar refractivity (Wildman–Crippen MR) is 163 cm³/mol. The molecule has 1 heterocycles. The molecule has 38 heavy (non-hydrogen) atoms. The maximum atomic E-state index is 14.4. The lowest BCUT2D eigenvalue weighted by molar-refractivity contribution is 0.295. The van der Waals surface area contributed by atoms with Crippen LogP contribution >= 0.6 is 40.7 Å². The minimum atomic E-state index is -4.16. The topological polar surface area (TPSA) is 44.8 Å². The number of hydrogen-bond donors (Lipinski definition) is 0. The van der Waals surface area contributed by atoms with Crippen molar-refractivity contribution in [3.63, 3.8) is 0 Å². The van der Waals surface area contributed by atoms with Gasteiger partial charge in [0.2, 0.25) is 0 Å². The van der Waals surface area contributed by atoms with Gasteiger partial charge in [0.15, 0.2) is 0 Å². The largest absolute Gasteiger partial charge is 0.647 e. The van der Waals surface area contributed by atoms with E-state index in [0.717, 1.165) is 26.1 Å². The number of para-hydroxylation sites is 1. The Balaban J connectivity index is 1.72. The molecule has 0 bridgehead atoms. The molecule has 0 fully saturated rings. The molecule has 0 N–H and O–H groups in total. The Hall–Kier alpha value is -2.44. The zero-order chi connectivity index (χ0) is 27.4. The van der Waals surface area contributed by atoms with Crippen LogP contribution in [0.3, 0.4) is 0 Å². The Morgan fingerprint density at radius 1 is 0.737 bits per heavy atom. The third-order valence-electron chi connectivity index (χ3n) is 6.18. The molecule has 0 saturated carbocycles. The van der Waals surface area contributed by atoms with E-state index < -0.39 is 7.82 Å². The van der Waals surface area contributed by atoms with Gasteiger partial charge in [0.05, 0.1) is 0 Å². The maximum Gasteiger partial charge on any atom is 0.647 e. The summed E-state index contributed by atoms with van der Waals surface area (Å²) in [4.78, 5) is 0. The number of rotatable bonds is 10. The Morgan fingerprint density at radius 2 is 1.37 bits per heavy atom. The predicted octanol–water partition coefficient (Wildman–Crippen LogP) is 11.2. The fraction of sp³-hybridized carbons (Fsp3) is 0.300. The van der Waals surface area contributed by atoms with Gasteiger partial charge in [-0.15, -0.1) is 0 Å². The maximum absolute atomic E-state index is 14.4. The normalized spacial score (nSPS) is 13.1. The van der Waals surface area contributed by atoms with Crippen LogP contribution in [0, 0.1) is 3.82 Å². The molecule has 0 aliphatic rings. The summed E-state index contributed by atoms with van der Waals surface area (Å²) in [5.74, 6) is 2.02. The molecule has 8 heteroatoms. The lowest BCUT2D eigenvalue weighted by Crippen LogP contribution is -2.10. The Kier molecular flexibility index (Phi) is 9.15. The van der Waals surface area contributed by atoms with Crippen molar-refractivity contribution in [2.75, 3.05) is 0 Å². The van der Waals surface area contributed by atoms with Crippen molar-refractivity contribution in [3.05, 3.63) is 92.6 Å². The molecule has 0 spiro atoms. The summed E-state index contributed by atoms with van der Waals surface area (Å²) < 4.78 is 33.6. The molecule has 1 atom stereocenters. The van der Waals surface area contributed by atoms with Gasteiger partial charge >= 0.3 is 7.82 Å². The molecule has 3 aromatic carbocycles. The van der Waals surface area contributed by atoms with Gasteiger partial charge < -0.3 is 13.6 Å². The second kappa shape index (κ2) is 12.2. The van der Waals surface area contributed by atoms with Gasteiger partial charge in [-0.25, -0.2) is 0 Å². The lowest BCUT2D eigenvalue weighted by atomic mass is 9.95. The molecule has 0 radical (unpaired) electrons. The first-order valence-corrected chi connectivity index (χ1v) is 16.7. The smallest absolute Gasteiger partial charge is 0.386 e. The van der Waals surface area contributed by atoms with Crippen LogP contribution in [-0.2, 0) is 4.57 Å². The molecule has 4 rings (SSSR count). The molecule has 0 amide bonds. The van der Waals surface area contributed by atoms with Crippen molar-refractivity contribution < 1.29 is 18.1 Å². The molecular formula is C30H33O4PS3. The molecule has 0 aliphatic heterocycles. The van der Waals surface area contributed by atoms with Crippen molar-refractivity contribution in [1.29, 1.82) is 0 Å². The SMILES string of the molecule is CC(C)c1ccc(OP(=O)(Oc2ccc(-c3cssc3=S)cc2)Oc2ccccc2C(C)C)c(C(C)C)c1. The van der Waals surface area contributed by atoms with E-state index >= 15 is 0 Å². The first kappa shape index (κ1) is 28.6. The second-order valence-corrected chi connectivity index (χ2v) is 14.2. The molecule has 4 nitrogen and oxygen atoms in total. The van der Waals surface area contributed by atoms with Gasteiger partial charge in [0, 0.05) is 10.9 Å². The first-order chi connectivity index (χ1) is 18.1. The van der Waals surface area contributed by atoms with E-state index in [4.69, 9.17) is 25.8 Å². The Morgan fingerprint density at radius 3 is 1.95 bits per heavy atom. The van der Waals surface area contributed by atoms with Crippen LogP contribution in [0.1, 0.15) is 76.0 Å². The van der Waals surface area contributed by atoms with Crippen LogP contribution in [0.5, 0.6) is 17.2 Å². The van der Waals surface area contributed by atoms with Crippen LogP contribution in [0.2, 0.25) is 0 Å². The van der Waals surface area contributed by atoms with Crippen LogP contribution in [0.25, 0.3) is 11.1 Å². The quantitative estimate of drug-likeness (QED) is 0.105. The second-order valence-electron chi connectivity index (χ2n) is 10.0. The van der Waals surface area contributed by atoms with E-state index in [1.165, 1.54) is 5.56 Å². The highest BCUT2D eigenvalue weighted by Crippen LogP contribution is 2.52. The van der Waals surface area contributed by atoms with Crippen molar-refractivity contribution >= 4 is 40.7 Å². The van der Waals surface area contributed by atoms with Crippen molar-refractivity contribution in [2.24, 2.45) is 0 Å². The number of phosphoric acid groups is 1. The highest BCUT2D eigenvalue weighted by atomic mass is 32.9. The van der Waals surface area contributed by atoms with Crippen molar-refractivity contribution in [1.82, 2.24) is 0 Å². The number of hydrogen-bond acceptors (Lipinski definition) is 7. The highest BCUT2D eigenvalue weighted by Gasteiger charge is 2.35. The number of benzene rings is 3. The molecule has 0 aliphatic carbocycles. The molecule has 1 unspecified atom stereocenters. The van der Waals surface area contributed by atoms with Crippen LogP contribution in [-0.4, -0.2) is 0 Å². The molecule has 4 aromatic rings. The van der Waals surface area contributed by atoms with Gasteiger partial charge in [-0.1, -0.05) is 117 Å². The van der Waals surface area contributed by atoms with Gasteiger partial charge in [0.25, 0.3) is 0 Å². The summed E-state index contributed by atoms with van der Waals surface area (Å²) in [6.07, 6.45) is 0. The van der Waals surface area contributed by atoms with Gasteiger partial charge in [0.1, 0.15) is 21.1 Å². The van der Waals surface area contributed by atoms with Gasteiger partial charge in [-0.05, 0) is 64.3 Å². The van der Waals surface area contributed by atoms with Crippen molar-refractivity contribution in [2.45, 2.75) is 59.3 Å².